The quantitative estimate of drug-likeness (QED) is 0.753. The van der Waals surface area contributed by atoms with Gasteiger partial charge in [0.25, 0.3) is 0 Å². The molecule has 1 saturated heterocycles. The molecule has 0 unspecified atom stereocenters. The topological polar surface area (TPSA) is 31.6 Å². The molecular formula is C14H16BBrO3. The minimum Gasteiger partial charge on any atom is -0.449 e. The van der Waals surface area contributed by atoms with Crippen LogP contribution in [0.25, 0.3) is 11.0 Å². The van der Waals surface area contributed by atoms with Crippen molar-refractivity contribution in [3.05, 3.63) is 28.9 Å². The van der Waals surface area contributed by atoms with Crippen molar-refractivity contribution in [2.24, 2.45) is 0 Å². The highest BCUT2D eigenvalue weighted by Gasteiger charge is 2.51. The molecule has 3 nitrogen and oxygen atoms in total. The van der Waals surface area contributed by atoms with Crippen LogP contribution in [0.5, 0.6) is 0 Å². The highest BCUT2D eigenvalue weighted by molar-refractivity contribution is 9.10. The Bertz CT molecular complexity index is 617. The molecule has 0 bridgehead atoms. The molecule has 19 heavy (non-hydrogen) atoms. The van der Waals surface area contributed by atoms with Crippen LogP contribution in [0.15, 0.2) is 33.4 Å². The van der Waals surface area contributed by atoms with Crippen LogP contribution in [0.2, 0.25) is 0 Å². The summed E-state index contributed by atoms with van der Waals surface area (Å²) < 4.78 is 18.3. The fraction of sp³-hybridized carbons (Fsp3) is 0.429. The molecule has 1 fully saturated rings. The minimum absolute atomic E-state index is 0.316. The molecular weight excluding hydrogens is 307 g/mol. The van der Waals surface area contributed by atoms with E-state index in [1.165, 1.54) is 0 Å². The summed E-state index contributed by atoms with van der Waals surface area (Å²) in [4.78, 5) is 0. The van der Waals surface area contributed by atoms with Gasteiger partial charge in [0.05, 0.1) is 11.2 Å². The summed E-state index contributed by atoms with van der Waals surface area (Å²) in [6.07, 6.45) is 0. The first-order chi connectivity index (χ1) is 8.78. The van der Waals surface area contributed by atoms with Crippen molar-refractivity contribution >= 4 is 39.5 Å². The van der Waals surface area contributed by atoms with Crippen LogP contribution < -0.4 is 5.46 Å². The summed E-state index contributed by atoms with van der Waals surface area (Å²) in [6.45, 7) is 8.22. The maximum Gasteiger partial charge on any atom is 0.494 e. The van der Waals surface area contributed by atoms with Crippen molar-refractivity contribution in [1.82, 2.24) is 0 Å². The van der Waals surface area contributed by atoms with E-state index in [-0.39, 0.29) is 18.3 Å². The van der Waals surface area contributed by atoms with Crippen molar-refractivity contribution in [3.63, 3.8) is 0 Å². The van der Waals surface area contributed by atoms with Crippen LogP contribution in [-0.2, 0) is 9.31 Å². The van der Waals surface area contributed by atoms with Gasteiger partial charge in [0.15, 0.2) is 4.67 Å². The van der Waals surface area contributed by atoms with Gasteiger partial charge < -0.3 is 13.7 Å². The number of fused-ring (bicyclic) bond motifs is 1. The third-order valence-corrected chi connectivity index (χ3v) is 4.43. The first-order valence-electron chi connectivity index (χ1n) is 6.33. The summed E-state index contributed by atoms with van der Waals surface area (Å²) in [5, 5.41) is 1.04. The van der Waals surface area contributed by atoms with Crippen LogP contribution in [0.4, 0.5) is 0 Å². The Labute approximate surface area is 121 Å². The maximum atomic E-state index is 6.04. The van der Waals surface area contributed by atoms with Gasteiger partial charge in [-0.05, 0) is 61.2 Å². The average molecular weight is 323 g/mol. The number of hydrogen-bond donors (Lipinski definition) is 0. The molecule has 0 atom stereocenters. The molecule has 0 aliphatic carbocycles. The molecule has 0 amide bonds. The van der Waals surface area contributed by atoms with Gasteiger partial charge in [-0.3, -0.25) is 0 Å². The SMILES string of the molecule is CC1(C)OB(c2ccc3oc(Br)cc3c2)OC1(C)C. The highest BCUT2D eigenvalue weighted by atomic mass is 79.9. The Morgan fingerprint density at radius 3 is 2.26 bits per heavy atom. The second kappa shape index (κ2) is 4.11. The molecule has 2 aromatic rings. The van der Waals surface area contributed by atoms with Gasteiger partial charge in [0.1, 0.15) is 5.58 Å². The van der Waals surface area contributed by atoms with E-state index in [0.717, 1.165) is 21.1 Å². The third-order valence-electron chi connectivity index (χ3n) is 4.04. The zero-order valence-corrected chi connectivity index (χ0v) is 13.1. The van der Waals surface area contributed by atoms with Gasteiger partial charge in [0, 0.05) is 5.39 Å². The molecule has 100 valence electrons. The van der Waals surface area contributed by atoms with Crippen LogP contribution >= 0.6 is 15.9 Å². The molecule has 0 radical (unpaired) electrons. The minimum atomic E-state index is -0.330. The highest BCUT2D eigenvalue weighted by Crippen LogP contribution is 2.36. The van der Waals surface area contributed by atoms with Gasteiger partial charge >= 0.3 is 7.12 Å². The first-order valence-corrected chi connectivity index (χ1v) is 7.12. The Morgan fingerprint density at radius 2 is 1.63 bits per heavy atom. The van der Waals surface area contributed by atoms with Gasteiger partial charge in [-0.2, -0.15) is 0 Å². The Balaban J connectivity index is 1.97. The monoisotopic (exact) mass is 322 g/mol. The lowest BCUT2D eigenvalue weighted by Crippen LogP contribution is -2.41. The summed E-state index contributed by atoms with van der Waals surface area (Å²) in [7, 11) is -0.330. The molecule has 0 saturated carbocycles. The van der Waals surface area contributed by atoms with Crippen LogP contribution in [-0.4, -0.2) is 18.3 Å². The molecule has 5 heteroatoms. The fourth-order valence-electron chi connectivity index (χ4n) is 2.16. The molecule has 0 N–H and O–H groups in total. The summed E-state index contributed by atoms with van der Waals surface area (Å²) in [5.41, 5.74) is 1.24. The molecule has 1 aliphatic heterocycles. The van der Waals surface area contributed by atoms with Crippen LogP contribution in [0, 0.1) is 0 Å². The normalized spacial score (nSPS) is 21.2. The van der Waals surface area contributed by atoms with E-state index in [1.54, 1.807) is 0 Å². The van der Waals surface area contributed by atoms with Crippen molar-refractivity contribution in [1.29, 1.82) is 0 Å². The third kappa shape index (κ3) is 2.14. The Hall–Kier alpha value is -0.775. The fourth-order valence-corrected chi connectivity index (χ4v) is 2.58. The first kappa shape index (κ1) is 13.2. The largest absolute Gasteiger partial charge is 0.494 e. The molecule has 1 aliphatic rings. The van der Waals surface area contributed by atoms with Gasteiger partial charge in [-0.1, -0.05) is 12.1 Å². The van der Waals surface area contributed by atoms with Gasteiger partial charge in [0.2, 0.25) is 0 Å². The van der Waals surface area contributed by atoms with E-state index < -0.39 is 0 Å². The van der Waals surface area contributed by atoms with Crippen molar-refractivity contribution in [3.8, 4) is 0 Å². The molecule has 2 heterocycles. The predicted molar refractivity (Wildman–Crippen MR) is 79.6 cm³/mol. The molecule has 0 spiro atoms. The second-order valence-corrected chi connectivity index (χ2v) is 6.72. The van der Waals surface area contributed by atoms with Gasteiger partial charge in [-0.15, -0.1) is 0 Å². The summed E-state index contributed by atoms with van der Waals surface area (Å²) in [5.74, 6) is 0. The Kier molecular flexibility index (Phi) is 2.86. The second-order valence-electron chi connectivity index (χ2n) is 5.94. The maximum absolute atomic E-state index is 6.04. The molecule has 1 aromatic carbocycles. The summed E-state index contributed by atoms with van der Waals surface area (Å²) >= 11 is 3.34. The van der Waals surface area contributed by atoms with E-state index in [2.05, 4.69) is 43.6 Å². The average Bonchev–Trinajstić information content (AvgIpc) is 2.74. The number of hydrogen-bond acceptors (Lipinski definition) is 3. The lowest BCUT2D eigenvalue weighted by atomic mass is 9.79. The standard InChI is InChI=1S/C14H16BBrO3/c1-13(2)14(3,4)19-15(18-13)10-5-6-11-9(7-10)8-12(16)17-11/h5-8H,1-4H3. The van der Waals surface area contributed by atoms with Crippen LogP contribution in [0.1, 0.15) is 27.7 Å². The number of furan rings is 1. The zero-order chi connectivity index (χ0) is 13.8. The zero-order valence-electron chi connectivity index (χ0n) is 11.5. The van der Waals surface area contributed by atoms with E-state index in [9.17, 15) is 0 Å². The lowest BCUT2D eigenvalue weighted by Gasteiger charge is -2.32. The lowest BCUT2D eigenvalue weighted by molar-refractivity contribution is 0.00578. The van der Waals surface area contributed by atoms with Crippen molar-refractivity contribution in [2.45, 2.75) is 38.9 Å². The molecule has 1 aromatic heterocycles. The predicted octanol–water partition coefficient (Wildman–Crippen LogP) is 3.49. The van der Waals surface area contributed by atoms with E-state index in [0.29, 0.717) is 0 Å². The number of rotatable bonds is 1. The number of benzene rings is 1. The van der Waals surface area contributed by atoms with Crippen molar-refractivity contribution < 1.29 is 13.7 Å². The van der Waals surface area contributed by atoms with Gasteiger partial charge in [-0.25, -0.2) is 0 Å². The van der Waals surface area contributed by atoms with Crippen molar-refractivity contribution in [2.75, 3.05) is 0 Å². The van der Waals surface area contributed by atoms with E-state index >= 15 is 0 Å². The number of halogens is 1. The smallest absolute Gasteiger partial charge is 0.449 e. The van der Waals surface area contributed by atoms with E-state index in [1.807, 2.05) is 24.3 Å². The van der Waals surface area contributed by atoms with Crippen LogP contribution in [0.3, 0.4) is 0 Å². The van der Waals surface area contributed by atoms with E-state index in [4.69, 9.17) is 13.7 Å². The summed E-state index contributed by atoms with van der Waals surface area (Å²) in [6, 6.07) is 7.93. The molecule has 3 rings (SSSR count). The Morgan fingerprint density at radius 1 is 1.00 bits per heavy atom.